The van der Waals surface area contributed by atoms with Crippen LogP contribution in [0.5, 0.6) is 0 Å². The molecule has 4 nitrogen and oxygen atoms in total. The van der Waals surface area contributed by atoms with Gasteiger partial charge in [0, 0.05) is 0 Å². The first-order chi connectivity index (χ1) is 4.96. The molecule has 0 saturated heterocycles. The van der Waals surface area contributed by atoms with Crippen molar-refractivity contribution in [1.82, 2.24) is 0 Å². The van der Waals surface area contributed by atoms with Gasteiger partial charge in [-0.2, -0.15) is 0 Å². The highest BCUT2D eigenvalue weighted by Gasteiger charge is 2.38. The molecule has 0 heterocycles. The van der Waals surface area contributed by atoms with Crippen molar-refractivity contribution in [2.45, 2.75) is 37.0 Å². The van der Waals surface area contributed by atoms with Crippen molar-refractivity contribution < 1.29 is 8.42 Å². The molecule has 1 saturated carbocycles. The predicted octanol–water partition coefficient (Wildman–Crippen LogP) is -0.106. The van der Waals surface area contributed by atoms with Crippen molar-refractivity contribution >= 4 is 10.0 Å². The van der Waals surface area contributed by atoms with Gasteiger partial charge in [0.05, 0.1) is 0 Å². The molecule has 1 aliphatic rings. The summed E-state index contributed by atoms with van der Waals surface area (Å²) in [6, 6.07) is 0. The van der Waals surface area contributed by atoms with Crippen LogP contribution in [0.15, 0.2) is 0 Å². The first kappa shape index (κ1) is 8.96. The zero-order valence-corrected chi connectivity index (χ0v) is 7.23. The van der Waals surface area contributed by atoms with E-state index in [4.69, 9.17) is 10.9 Å². The fraction of sp³-hybridized carbons (Fsp3) is 1.00. The number of sulfonamides is 1. The van der Waals surface area contributed by atoms with E-state index in [0.717, 1.165) is 19.3 Å². The molecule has 11 heavy (non-hydrogen) atoms. The Morgan fingerprint density at radius 1 is 1.09 bits per heavy atom. The molecule has 0 aromatic heterocycles. The Balaban J connectivity index is 2.81. The average Bonchev–Trinajstić information content (AvgIpc) is 1.87. The summed E-state index contributed by atoms with van der Waals surface area (Å²) >= 11 is 0. The first-order valence-corrected chi connectivity index (χ1v) is 5.32. The van der Waals surface area contributed by atoms with Crippen LogP contribution in [-0.4, -0.2) is 13.3 Å². The maximum atomic E-state index is 11.0. The number of primary sulfonamides is 1. The molecule has 1 aliphatic carbocycles. The summed E-state index contributed by atoms with van der Waals surface area (Å²) in [7, 11) is -3.55. The monoisotopic (exact) mass is 178 g/mol. The van der Waals surface area contributed by atoms with E-state index < -0.39 is 14.9 Å². The zero-order valence-electron chi connectivity index (χ0n) is 6.41. The zero-order chi connectivity index (χ0) is 8.54. The highest BCUT2D eigenvalue weighted by Crippen LogP contribution is 2.28. The SMILES string of the molecule is NC1(S(N)(=O)=O)CCCCC1. The fourth-order valence-electron chi connectivity index (χ4n) is 1.43. The Hall–Kier alpha value is -0.130. The van der Waals surface area contributed by atoms with Crippen LogP contribution >= 0.6 is 0 Å². The summed E-state index contributed by atoms with van der Waals surface area (Å²) in [6.07, 6.45) is 3.81. The number of hydrogen-bond acceptors (Lipinski definition) is 3. The second kappa shape index (κ2) is 2.73. The van der Waals surface area contributed by atoms with Crippen LogP contribution < -0.4 is 10.9 Å². The van der Waals surface area contributed by atoms with Crippen molar-refractivity contribution in [2.24, 2.45) is 10.9 Å². The molecule has 66 valence electrons. The van der Waals surface area contributed by atoms with E-state index in [1.54, 1.807) is 0 Å². The molecule has 5 heteroatoms. The summed E-state index contributed by atoms with van der Waals surface area (Å²) in [5, 5.41) is 4.99. The van der Waals surface area contributed by atoms with Gasteiger partial charge in [-0.15, -0.1) is 0 Å². The molecule has 1 rings (SSSR count). The topological polar surface area (TPSA) is 86.2 Å². The van der Waals surface area contributed by atoms with Crippen LogP contribution in [0.2, 0.25) is 0 Å². The van der Waals surface area contributed by atoms with Crippen LogP contribution in [0.4, 0.5) is 0 Å². The minimum absolute atomic E-state index is 0.506. The molecule has 0 atom stereocenters. The molecule has 0 aromatic carbocycles. The highest BCUT2D eigenvalue weighted by atomic mass is 32.2. The lowest BCUT2D eigenvalue weighted by Crippen LogP contribution is -2.52. The van der Waals surface area contributed by atoms with E-state index in [2.05, 4.69) is 0 Å². The van der Waals surface area contributed by atoms with E-state index in [0.29, 0.717) is 12.8 Å². The molecular weight excluding hydrogens is 164 g/mol. The van der Waals surface area contributed by atoms with Gasteiger partial charge in [-0.1, -0.05) is 19.3 Å². The van der Waals surface area contributed by atoms with Gasteiger partial charge in [-0.05, 0) is 12.8 Å². The van der Waals surface area contributed by atoms with Gasteiger partial charge in [0.25, 0.3) is 0 Å². The van der Waals surface area contributed by atoms with E-state index >= 15 is 0 Å². The molecule has 0 bridgehead atoms. The lowest BCUT2D eigenvalue weighted by Gasteiger charge is -2.30. The standard InChI is InChI=1S/C6H14N2O2S/c7-6(11(8,9)10)4-2-1-3-5-6/h1-5,7H2,(H2,8,9,10). The van der Waals surface area contributed by atoms with E-state index in [1.807, 2.05) is 0 Å². The molecule has 0 spiro atoms. The smallest absolute Gasteiger partial charge is 0.227 e. The van der Waals surface area contributed by atoms with E-state index in [1.165, 1.54) is 0 Å². The summed E-state index contributed by atoms with van der Waals surface area (Å²) in [4.78, 5) is -1.13. The molecule has 0 aromatic rings. The van der Waals surface area contributed by atoms with Crippen molar-refractivity contribution in [1.29, 1.82) is 0 Å². The van der Waals surface area contributed by atoms with Crippen molar-refractivity contribution in [3.05, 3.63) is 0 Å². The Labute approximate surface area is 67.0 Å². The molecular formula is C6H14N2O2S. The molecule has 4 N–H and O–H groups in total. The third-order valence-corrected chi connectivity index (χ3v) is 3.81. The van der Waals surface area contributed by atoms with Crippen LogP contribution in [0.3, 0.4) is 0 Å². The van der Waals surface area contributed by atoms with E-state index in [-0.39, 0.29) is 0 Å². The summed E-state index contributed by atoms with van der Waals surface area (Å²) in [6.45, 7) is 0. The number of hydrogen-bond donors (Lipinski definition) is 2. The number of rotatable bonds is 1. The van der Waals surface area contributed by atoms with Crippen LogP contribution in [0.1, 0.15) is 32.1 Å². The maximum Gasteiger partial charge on any atom is 0.227 e. The Kier molecular flexibility index (Phi) is 2.22. The largest absolute Gasteiger partial charge is 0.311 e. The van der Waals surface area contributed by atoms with Gasteiger partial charge in [0.15, 0.2) is 0 Å². The van der Waals surface area contributed by atoms with Gasteiger partial charge >= 0.3 is 0 Å². The van der Waals surface area contributed by atoms with Crippen molar-refractivity contribution in [2.75, 3.05) is 0 Å². The van der Waals surface area contributed by atoms with Gasteiger partial charge in [0.2, 0.25) is 10.0 Å². The second-order valence-corrected chi connectivity index (χ2v) is 5.07. The Morgan fingerprint density at radius 2 is 1.55 bits per heavy atom. The van der Waals surface area contributed by atoms with Crippen LogP contribution in [-0.2, 0) is 10.0 Å². The number of nitrogens with two attached hydrogens (primary N) is 2. The minimum Gasteiger partial charge on any atom is -0.311 e. The maximum absolute atomic E-state index is 11.0. The summed E-state index contributed by atoms with van der Waals surface area (Å²) in [5.74, 6) is 0. The van der Waals surface area contributed by atoms with Gasteiger partial charge in [-0.3, -0.25) is 0 Å². The third-order valence-electron chi connectivity index (χ3n) is 2.27. The normalized spacial score (nSPS) is 24.9. The minimum atomic E-state index is -3.55. The van der Waals surface area contributed by atoms with Crippen LogP contribution in [0, 0.1) is 0 Å². The van der Waals surface area contributed by atoms with Crippen molar-refractivity contribution in [3.63, 3.8) is 0 Å². The second-order valence-electron chi connectivity index (χ2n) is 3.17. The van der Waals surface area contributed by atoms with Gasteiger partial charge in [0.1, 0.15) is 4.87 Å². The lowest BCUT2D eigenvalue weighted by atomic mass is 9.96. The molecule has 0 amide bonds. The lowest BCUT2D eigenvalue weighted by molar-refractivity contribution is 0.381. The van der Waals surface area contributed by atoms with Crippen molar-refractivity contribution in [3.8, 4) is 0 Å². The molecule has 1 fully saturated rings. The van der Waals surface area contributed by atoms with Crippen LogP contribution in [0.25, 0.3) is 0 Å². The van der Waals surface area contributed by atoms with E-state index in [9.17, 15) is 8.42 Å². The Morgan fingerprint density at radius 3 is 1.82 bits per heavy atom. The quantitative estimate of drug-likeness (QED) is 0.587. The fourth-order valence-corrected chi connectivity index (χ4v) is 2.29. The van der Waals surface area contributed by atoms with Gasteiger partial charge < -0.3 is 5.73 Å². The summed E-state index contributed by atoms with van der Waals surface area (Å²) < 4.78 is 21.9. The molecule has 0 radical (unpaired) electrons. The van der Waals surface area contributed by atoms with Gasteiger partial charge in [-0.25, -0.2) is 13.6 Å². The third kappa shape index (κ3) is 1.72. The predicted molar refractivity (Wildman–Crippen MR) is 43.1 cm³/mol. The highest BCUT2D eigenvalue weighted by molar-refractivity contribution is 7.90. The Bertz CT molecular complexity index is 229. The molecule has 0 aliphatic heterocycles. The first-order valence-electron chi connectivity index (χ1n) is 3.77. The molecule has 0 unspecified atom stereocenters. The summed E-state index contributed by atoms with van der Waals surface area (Å²) in [5.41, 5.74) is 5.62. The average molecular weight is 178 g/mol.